The standard InChI is InChI=1S/C19H17N5O2/c1-14(15-6-8-17(9-7-15)24-13-21-12-22-24)23-19(25)11-26-18-5-3-2-4-16(18)10-20/h2-9,12-14H,11H2,1H3,(H,23,25)/t14-/m1/s1. The Morgan fingerprint density at radius 1 is 1.27 bits per heavy atom. The first-order valence-electron chi connectivity index (χ1n) is 8.03. The van der Waals surface area contributed by atoms with E-state index in [9.17, 15) is 4.79 Å². The summed E-state index contributed by atoms with van der Waals surface area (Å²) in [6.45, 7) is 1.74. The Morgan fingerprint density at radius 2 is 2.04 bits per heavy atom. The lowest BCUT2D eigenvalue weighted by atomic mass is 10.1. The second kappa shape index (κ2) is 7.94. The zero-order valence-electron chi connectivity index (χ0n) is 14.2. The van der Waals surface area contributed by atoms with Gasteiger partial charge in [0.2, 0.25) is 0 Å². The molecule has 2 aromatic carbocycles. The van der Waals surface area contributed by atoms with Crippen LogP contribution in [0.1, 0.15) is 24.1 Å². The Hall–Kier alpha value is -3.66. The van der Waals surface area contributed by atoms with Crippen LogP contribution in [0.2, 0.25) is 0 Å². The topological polar surface area (TPSA) is 92.8 Å². The molecule has 1 atom stereocenters. The van der Waals surface area contributed by atoms with Crippen molar-refractivity contribution >= 4 is 5.91 Å². The summed E-state index contributed by atoms with van der Waals surface area (Å²) in [4.78, 5) is 16.0. The summed E-state index contributed by atoms with van der Waals surface area (Å²) in [7, 11) is 0. The number of para-hydroxylation sites is 1. The first-order chi connectivity index (χ1) is 12.7. The highest BCUT2D eigenvalue weighted by atomic mass is 16.5. The monoisotopic (exact) mass is 347 g/mol. The van der Waals surface area contributed by atoms with E-state index < -0.39 is 0 Å². The maximum atomic E-state index is 12.1. The van der Waals surface area contributed by atoms with Gasteiger partial charge in [-0.3, -0.25) is 4.79 Å². The van der Waals surface area contributed by atoms with Crippen LogP contribution >= 0.6 is 0 Å². The number of hydrogen-bond donors (Lipinski definition) is 1. The molecule has 3 rings (SSSR count). The van der Waals surface area contributed by atoms with Crippen LogP contribution in [0, 0.1) is 11.3 Å². The molecular weight excluding hydrogens is 330 g/mol. The van der Waals surface area contributed by atoms with Crippen molar-refractivity contribution in [2.24, 2.45) is 0 Å². The molecule has 0 bridgehead atoms. The molecule has 1 heterocycles. The third-order valence-electron chi connectivity index (χ3n) is 3.82. The Bertz CT molecular complexity index is 914. The average Bonchev–Trinajstić information content (AvgIpc) is 3.21. The molecule has 1 aromatic heterocycles. The van der Waals surface area contributed by atoms with Gasteiger partial charge in [-0.2, -0.15) is 10.4 Å². The van der Waals surface area contributed by atoms with Crippen molar-refractivity contribution in [1.82, 2.24) is 20.1 Å². The molecule has 3 aromatic rings. The highest BCUT2D eigenvalue weighted by molar-refractivity contribution is 5.78. The van der Waals surface area contributed by atoms with Gasteiger partial charge in [0.05, 0.1) is 17.3 Å². The van der Waals surface area contributed by atoms with Gasteiger partial charge in [-0.25, -0.2) is 9.67 Å². The number of nitrogens with zero attached hydrogens (tertiary/aromatic N) is 4. The fourth-order valence-corrected chi connectivity index (χ4v) is 2.45. The number of nitrogens with one attached hydrogen (secondary N) is 1. The number of rotatable bonds is 6. The van der Waals surface area contributed by atoms with Crippen LogP contribution in [0.4, 0.5) is 0 Å². The summed E-state index contributed by atoms with van der Waals surface area (Å²) in [5, 5.41) is 16.0. The minimum Gasteiger partial charge on any atom is -0.482 e. The van der Waals surface area contributed by atoms with Crippen LogP contribution in [-0.4, -0.2) is 27.3 Å². The Kier molecular flexibility index (Phi) is 5.25. The van der Waals surface area contributed by atoms with E-state index in [0.717, 1.165) is 11.3 Å². The van der Waals surface area contributed by atoms with Crippen molar-refractivity contribution in [3.8, 4) is 17.5 Å². The highest BCUT2D eigenvalue weighted by Gasteiger charge is 2.11. The maximum absolute atomic E-state index is 12.1. The van der Waals surface area contributed by atoms with E-state index in [-0.39, 0.29) is 18.6 Å². The largest absolute Gasteiger partial charge is 0.482 e. The van der Waals surface area contributed by atoms with Crippen molar-refractivity contribution in [3.63, 3.8) is 0 Å². The van der Waals surface area contributed by atoms with E-state index in [1.807, 2.05) is 37.3 Å². The molecule has 0 aliphatic rings. The van der Waals surface area contributed by atoms with Crippen LogP contribution < -0.4 is 10.1 Å². The van der Waals surface area contributed by atoms with Gasteiger partial charge in [0.15, 0.2) is 6.61 Å². The number of ether oxygens (including phenoxy) is 1. The summed E-state index contributed by atoms with van der Waals surface area (Å²) >= 11 is 0. The van der Waals surface area contributed by atoms with Crippen LogP contribution in [0.15, 0.2) is 61.2 Å². The molecular formula is C19H17N5O2. The molecule has 0 saturated carbocycles. The van der Waals surface area contributed by atoms with E-state index in [1.165, 1.54) is 6.33 Å². The lowest BCUT2D eigenvalue weighted by molar-refractivity contribution is -0.123. The quantitative estimate of drug-likeness (QED) is 0.739. The van der Waals surface area contributed by atoms with Crippen molar-refractivity contribution in [2.75, 3.05) is 6.61 Å². The van der Waals surface area contributed by atoms with Gasteiger partial charge in [-0.1, -0.05) is 24.3 Å². The Morgan fingerprint density at radius 3 is 2.73 bits per heavy atom. The van der Waals surface area contributed by atoms with Crippen LogP contribution in [-0.2, 0) is 4.79 Å². The molecule has 0 spiro atoms. The molecule has 0 aliphatic carbocycles. The van der Waals surface area contributed by atoms with Gasteiger partial charge in [0.1, 0.15) is 24.5 Å². The third kappa shape index (κ3) is 4.05. The number of aromatic nitrogens is 3. The molecule has 0 radical (unpaired) electrons. The number of hydrogen-bond acceptors (Lipinski definition) is 5. The molecule has 1 amide bonds. The van der Waals surface area contributed by atoms with Crippen molar-refractivity contribution in [1.29, 1.82) is 5.26 Å². The van der Waals surface area contributed by atoms with Gasteiger partial charge in [0, 0.05) is 0 Å². The van der Waals surface area contributed by atoms with E-state index in [4.69, 9.17) is 10.00 Å². The first-order valence-corrected chi connectivity index (χ1v) is 8.03. The van der Waals surface area contributed by atoms with Crippen LogP contribution in [0.25, 0.3) is 5.69 Å². The van der Waals surface area contributed by atoms with E-state index in [0.29, 0.717) is 11.3 Å². The lowest BCUT2D eigenvalue weighted by Gasteiger charge is -2.15. The summed E-state index contributed by atoms with van der Waals surface area (Å²) < 4.78 is 7.10. The number of amides is 1. The van der Waals surface area contributed by atoms with E-state index in [2.05, 4.69) is 15.4 Å². The Balaban J connectivity index is 1.56. The van der Waals surface area contributed by atoms with Gasteiger partial charge >= 0.3 is 0 Å². The average molecular weight is 347 g/mol. The highest BCUT2D eigenvalue weighted by Crippen LogP contribution is 2.17. The predicted molar refractivity (Wildman–Crippen MR) is 94.6 cm³/mol. The fourth-order valence-electron chi connectivity index (χ4n) is 2.45. The lowest BCUT2D eigenvalue weighted by Crippen LogP contribution is -2.31. The zero-order valence-corrected chi connectivity index (χ0v) is 14.2. The zero-order chi connectivity index (χ0) is 18.4. The summed E-state index contributed by atoms with van der Waals surface area (Å²) in [6.07, 6.45) is 3.10. The van der Waals surface area contributed by atoms with Gasteiger partial charge in [-0.05, 0) is 36.8 Å². The molecule has 0 fully saturated rings. The normalized spacial score (nSPS) is 11.4. The molecule has 7 nitrogen and oxygen atoms in total. The molecule has 26 heavy (non-hydrogen) atoms. The summed E-state index contributed by atoms with van der Waals surface area (Å²) in [5.74, 6) is 0.139. The van der Waals surface area contributed by atoms with Crippen LogP contribution in [0.3, 0.4) is 0 Å². The predicted octanol–water partition coefficient (Wildman–Crippen LogP) is 2.40. The van der Waals surface area contributed by atoms with E-state index >= 15 is 0 Å². The minimum absolute atomic E-state index is 0.153. The van der Waals surface area contributed by atoms with Crippen molar-refractivity contribution < 1.29 is 9.53 Å². The van der Waals surface area contributed by atoms with E-state index in [1.54, 1.807) is 35.3 Å². The SMILES string of the molecule is C[C@@H](NC(=O)COc1ccccc1C#N)c1ccc(-n2cncn2)cc1. The first kappa shape index (κ1) is 17.2. The van der Waals surface area contributed by atoms with Gasteiger partial charge in [0.25, 0.3) is 5.91 Å². The molecule has 0 saturated heterocycles. The minimum atomic E-state index is -0.259. The smallest absolute Gasteiger partial charge is 0.258 e. The maximum Gasteiger partial charge on any atom is 0.258 e. The number of benzene rings is 2. The second-order valence-corrected chi connectivity index (χ2v) is 5.62. The van der Waals surface area contributed by atoms with Crippen molar-refractivity contribution in [2.45, 2.75) is 13.0 Å². The molecule has 0 aliphatic heterocycles. The number of carbonyl (C=O) groups excluding carboxylic acids is 1. The third-order valence-corrected chi connectivity index (χ3v) is 3.82. The number of nitriles is 1. The fraction of sp³-hybridized carbons (Fsp3) is 0.158. The molecule has 7 heteroatoms. The molecule has 0 unspecified atom stereocenters. The molecule has 1 N–H and O–H groups in total. The second-order valence-electron chi connectivity index (χ2n) is 5.62. The van der Waals surface area contributed by atoms with Crippen molar-refractivity contribution in [3.05, 3.63) is 72.3 Å². The number of carbonyl (C=O) groups is 1. The van der Waals surface area contributed by atoms with Gasteiger partial charge in [-0.15, -0.1) is 0 Å². The van der Waals surface area contributed by atoms with Gasteiger partial charge < -0.3 is 10.1 Å². The molecule has 130 valence electrons. The van der Waals surface area contributed by atoms with Crippen LogP contribution in [0.5, 0.6) is 5.75 Å². The summed E-state index contributed by atoms with van der Waals surface area (Å²) in [6, 6.07) is 16.3. The Labute approximate surface area is 150 Å². The summed E-state index contributed by atoms with van der Waals surface area (Å²) in [5.41, 5.74) is 2.25.